The molecule has 4 nitrogen and oxygen atoms in total. The van der Waals surface area contributed by atoms with E-state index in [2.05, 4.69) is 0 Å². The molecule has 0 aliphatic heterocycles. The molecule has 0 aromatic carbocycles. The van der Waals surface area contributed by atoms with Gasteiger partial charge >= 0.3 is 5.97 Å². The Balaban J connectivity index is 4.21. The number of amides is 1. The average molecular weight is 215 g/mol. The number of carboxylic acid groups (broad SMARTS) is 1. The zero-order valence-electron chi connectivity index (χ0n) is 9.82. The Kier molecular flexibility index (Phi) is 6.75. The van der Waals surface area contributed by atoms with E-state index in [9.17, 15) is 9.59 Å². The van der Waals surface area contributed by atoms with Gasteiger partial charge in [-0.3, -0.25) is 9.59 Å². The van der Waals surface area contributed by atoms with E-state index in [4.69, 9.17) is 5.11 Å². The van der Waals surface area contributed by atoms with Crippen molar-refractivity contribution < 1.29 is 14.7 Å². The van der Waals surface area contributed by atoms with Crippen molar-refractivity contribution in [1.82, 2.24) is 4.90 Å². The largest absolute Gasteiger partial charge is 0.480 e. The standard InChI is InChI=1S/C11H21NO3/c1-4-6-12(8-11(14)15)10(13)7-9(3)5-2/h9H,4-8H2,1-3H3,(H,14,15). The van der Waals surface area contributed by atoms with Gasteiger partial charge in [0.15, 0.2) is 0 Å². The van der Waals surface area contributed by atoms with Crippen molar-refractivity contribution in [3.63, 3.8) is 0 Å². The van der Waals surface area contributed by atoms with Crippen molar-refractivity contribution >= 4 is 11.9 Å². The second kappa shape index (κ2) is 7.26. The number of carbonyl (C=O) groups is 2. The number of rotatable bonds is 7. The van der Waals surface area contributed by atoms with Gasteiger partial charge in [0.25, 0.3) is 0 Å². The molecule has 1 unspecified atom stereocenters. The molecule has 0 aromatic heterocycles. The summed E-state index contributed by atoms with van der Waals surface area (Å²) in [4.78, 5) is 23.7. The molecule has 1 amide bonds. The molecule has 0 rings (SSSR count). The first kappa shape index (κ1) is 13.9. The fraction of sp³-hybridized carbons (Fsp3) is 0.818. The van der Waals surface area contributed by atoms with Crippen molar-refractivity contribution in [2.45, 2.75) is 40.0 Å². The molecular weight excluding hydrogens is 194 g/mol. The molecule has 1 atom stereocenters. The summed E-state index contributed by atoms with van der Waals surface area (Å²) in [6, 6.07) is 0. The van der Waals surface area contributed by atoms with Crippen LogP contribution in [-0.4, -0.2) is 35.0 Å². The summed E-state index contributed by atoms with van der Waals surface area (Å²) in [6.45, 7) is 6.32. The molecule has 1 N–H and O–H groups in total. The third-order valence-corrected chi connectivity index (χ3v) is 2.39. The first-order valence-corrected chi connectivity index (χ1v) is 5.50. The number of aliphatic carboxylic acids is 1. The minimum Gasteiger partial charge on any atom is -0.480 e. The number of carboxylic acids is 1. The predicted octanol–water partition coefficient (Wildman–Crippen LogP) is 1.75. The van der Waals surface area contributed by atoms with Crippen molar-refractivity contribution in [3.8, 4) is 0 Å². The van der Waals surface area contributed by atoms with Gasteiger partial charge in [0.1, 0.15) is 6.54 Å². The first-order chi connectivity index (χ1) is 7.01. The average Bonchev–Trinajstić information content (AvgIpc) is 2.16. The van der Waals surface area contributed by atoms with Gasteiger partial charge < -0.3 is 10.0 Å². The maximum absolute atomic E-state index is 11.7. The molecule has 0 aromatic rings. The highest BCUT2D eigenvalue weighted by atomic mass is 16.4. The highest BCUT2D eigenvalue weighted by molar-refractivity contribution is 5.81. The summed E-state index contributed by atoms with van der Waals surface area (Å²) in [5, 5.41) is 8.66. The lowest BCUT2D eigenvalue weighted by Crippen LogP contribution is -2.36. The van der Waals surface area contributed by atoms with Gasteiger partial charge in [0.2, 0.25) is 5.91 Å². The van der Waals surface area contributed by atoms with Crippen LogP contribution in [0.3, 0.4) is 0 Å². The summed E-state index contributed by atoms with van der Waals surface area (Å²) in [6.07, 6.45) is 2.18. The van der Waals surface area contributed by atoms with E-state index in [1.807, 2.05) is 20.8 Å². The van der Waals surface area contributed by atoms with Gasteiger partial charge in [-0.2, -0.15) is 0 Å². The summed E-state index contributed by atoms with van der Waals surface area (Å²) in [7, 11) is 0. The van der Waals surface area contributed by atoms with Crippen LogP contribution in [0, 0.1) is 5.92 Å². The van der Waals surface area contributed by atoms with Crippen molar-refractivity contribution in [3.05, 3.63) is 0 Å². The Morgan fingerprint density at radius 2 is 1.93 bits per heavy atom. The highest BCUT2D eigenvalue weighted by Crippen LogP contribution is 2.09. The molecule has 88 valence electrons. The molecule has 0 spiro atoms. The lowest BCUT2D eigenvalue weighted by atomic mass is 10.0. The maximum atomic E-state index is 11.7. The van der Waals surface area contributed by atoms with Gasteiger partial charge in [-0.05, 0) is 12.3 Å². The zero-order chi connectivity index (χ0) is 11.8. The summed E-state index contributed by atoms with van der Waals surface area (Å²) >= 11 is 0. The van der Waals surface area contributed by atoms with E-state index in [1.165, 1.54) is 4.90 Å². The quantitative estimate of drug-likeness (QED) is 0.703. The smallest absolute Gasteiger partial charge is 0.323 e. The Morgan fingerprint density at radius 3 is 2.33 bits per heavy atom. The second-order valence-corrected chi connectivity index (χ2v) is 3.93. The van der Waals surface area contributed by atoms with Crippen LogP contribution in [0.25, 0.3) is 0 Å². The van der Waals surface area contributed by atoms with Crippen LogP contribution in [0.2, 0.25) is 0 Å². The monoisotopic (exact) mass is 215 g/mol. The molecule has 0 saturated carbocycles. The molecule has 0 radical (unpaired) electrons. The van der Waals surface area contributed by atoms with Crippen LogP contribution < -0.4 is 0 Å². The maximum Gasteiger partial charge on any atom is 0.323 e. The summed E-state index contributed by atoms with van der Waals surface area (Å²) < 4.78 is 0. The fourth-order valence-electron chi connectivity index (χ4n) is 1.30. The fourth-order valence-corrected chi connectivity index (χ4v) is 1.30. The molecule has 0 aliphatic rings. The molecular formula is C11H21NO3. The number of hydrogen-bond donors (Lipinski definition) is 1. The van der Waals surface area contributed by atoms with Crippen LogP contribution in [0.4, 0.5) is 0 Å². The molecule has 0 bridgehead atoms. The number of nitrogens with zero attached hydrogens (tertiary/aromatic N) is 1. The van der Waals surface area contributed by atoms with Crippen LogP contribution in [0.1, 0.15) is 40.0 Å². The van der Waals surface area contributed by atoms with Gasteiger partial charge in [-0.1, -0.05) is 27.2 Å². The van der Waals surface area contributed by atoms with Crippen molar-refractivity contribution in [1.29, 1.82) is 0 Å². The number of carbonyl (C=O) groups excluding carboxylic acids is 1. The lowest BCUT2D eigenvalue weighted by molar-refractivity contribution is -0.144. The SMILES string of the molecule is CCCN(CC(=O)O)C(=O)CC(C)CC. The van der Waals surface area contributed by atoms with E-state index in [-0.39, 0.29) is 12.5 Å². The molecule has 0 fully saturated rings. The van der Waals surface area contributed by atoms with E-state index in [0.717, 1.165) is 12.8 Å². The Bertz CT molecular complexity index is 216. The Labute approximate surface area is 91.3 Å². The third kappa shape index (κ3) is 6.10. The minimum absolute atomic E-state index is 0.0476. The minimum atomic E-state index is -0.944. The summed E-state index contributed by atoms with van der Waals surface area (Å²) in [5.74, 6) is -0.666. The van der Waals surface area contributed by atoms with Crippen molar-refractivity contribution in [2.75, 3.05) is 13.1 Å². The van der Waals surface area contributed by atoms with E-state index < -0.39 is 5.97 Å². The number of hydrogen-bond acceptors (Lipinski definition) is 2. The van der Waals surface area contributed by atoms with E-state index in [0.29, 0.717) is 18.9 Å². The lowest BCUT2D eigenvalue weighted by Gasteiger charge is -2.21. The van der Waals surface area contributed by atoms with Crippen LogP contribution >= 0.6 is 0 Å². The van der Waals surface area contributed by atoms with Crippen LogP contribution in [0.5, 0.6) is 0 Å². The van der Waals surface area contributed by atoms with Gasteiger partial charge in [-0.15, -0.1) is 0 Å². The van der Waals surface area contributed by atoms with Crippen molar-refractivity contribution in [2.24, 2.45) is 5.92 Å². The van der Waals surface area contributed by atoms with Gasteiger partial charge in [0, 0.05) is 13.0 Å². The topological polar surface area (TPSA) is 57.6 Å². The van der Waals surface area contributed by atoms with E-state index >= 15 is 0 Å². The molecule has 4 heteroatoms. The molecule has 0 heterocycles. The molecule has 15 heavy (non-hydrogen) atoms. The molecule has 0 saturated heterocycles. The predicted molar refractivity (Wildman–Crippen MR) is 58.6 cm³/mol. The second-order valence-electron chi connectivity index (χ2n) is 3.93. The van der Waals surface area contributed by atoms with E-state index in [1.54, 1.807) is 0 Å². The highest BCUT2D eigenvalue weighted by Gasteiger charge is 2.17. The Hall–Kier alpha value is -1.06. The summed E-state index contributed by atoms with van der Waals surface area (Å²) in [5.41, 5.74) is 0. The first-order valence-electron chi connectivity index (χ1n) is 5.50. The van der Waals surface area contributed by atoms with Gasteiger partial charge in [-0.25, -0.2) is 0 Å². The normalized spacial score (nSPS) is 12.2. The van der Waals surface area contributed by atoms with Gasteiger partial charge in [0.05, 0.1) is 0 Å². The van der Waals surface area contributed by atoms with Crippen LogP contribution in [0.15, 0.2) is 0 Å². The third-order valence-electron chi connectivity index (χ3n) is 2.39. The zero-order valence-corrected chi connectivity index (χ0v) is 9.82. The Morgan fingerprint density at radius 1 is 1.33 bits per heavy atom. The van der Waals surface area contributed by atoms with Crippen LogP contribution in [-0.2, 0) is 9.59 Å². The molecule has 0 aliphatic carbocycles.